The Balaban J connectivity index is 1.32. The predicted octanol–water partition coefficient (Wildman–Crippen LogP) is 4.11. The molecule has 3 aromatic heterocycles. The fourth-order valence-electron chi connectivity index (χ4n) is 4.11. The largest absolute Gasteiger partial charge is 0.492 e. The molecule has 0 radical (unpaired) electrons. The van der Waals surface area contributed by atoms with Gasteiger partial charge in [-0.2, -0.15) is 5.26 Å². The number of nitrogens with two attached hydrogens (primary N) is 1. The van der Waals surface area contributed by atoms with Gasteiger partial charge in [-0.25, -0.2) is 9.97 Å². The van der Waals surface area contributed by atoms with Crippen molar-refractivity contribution in [2.24, 2.45) is 0 Å². The monoisotopic (exact) mass is 496 g/mol. The molecular weight excluding hydrogens is 468 g/mol. The third-order valence-electron chi connectivity index (χ3n) is 6.38. The van der Waals surface area contributed by atoms with Crippen LogP contribution in [0.4, 0.5) is 5.82 Å². The van der Waals surface area contributed by atoms with Gasteiger partial charge in [-0.15, -0.1) is 10.2 Å². The molecule has 37 heavy (non-hydrogen) atoms. The van der Waals surface area contributed by atoms with E-state index in [-0.39, 0.29) is 17.4 Å². The summed E-state index contributed by atoms with van der Waals surface area (Å²) in [7, 11) is 0. The third kappa shape index (κ3) is 5.42. The number of aromatic nitrogens is 5. The van der Waals surface area contributed by atoms with Crippen LogP contribution in [0, 0.1) is 11.3 Å². The average Bonchev–Trinajstić information content (AvgIpc) is 3.62. The summed E-state index contributed by atoms with van der Waals surface area (Å²) in [6.07, 6.45) is 5.75. The number of rotatable bonds is 8. The first kappa shape index (κ1) is 24.3. The number of pyridine rings is 1. The zero-order chi connectivity index (χ0) is 25.8. The second-order valence-electron chi connectivity index (χ2n) is 9.49. The van der Waals surface area contributed by atoms with Gasteiger partial charge >= 0.3 is 0 Å². The van der Waals surface area contributed by atoms with Gasteiger partial charge in [-0.1, -0.05) is 0 Å². The van der Waals surface area contributed by atoms with E-state index in [0.29, 0.717) is 23.9 Å². The zero-order valence-corrected chi connectivity index (χ0v) is 20.9. The molecule has 0 saturated carbocycles. The average molecular weight is 497 g/mol. The highest BCUT2D eigenvalue weighted by Gasteiger charge is 2.23. The molecule has 0 amide bonds. The van der Waals surface area contributed by atoms with E-state index < -0.39 is 5.41 Å². The van der Waals surface area contributed by atoms with Crippen LogP contribution in [0.3, 0.4) is 0 Å². The normalized spacial score (nSPS) is 14.0. The van der Waals surface area contributed by atoms with Crippen LogP contribution in [0.15, 0.2) is 53.2 Å². The zero-order valence-electron chi connectivity index (χ0n) is 20.9. The van der Waals surface area contributed by atoms with Crippen LogP contribution >= 0.6 is 0 Å². The molecule has 10 heteroatoms. The van der Waals surface area contributed by atoms with Crippen molar-refractivity contribution in [1.82, 2.24) is 30.0 Å². The summed E-state index contributed by atoms with van der Waals surface area (Å²) in [6, 6.07) is 13.4. The summed E-state index contributed by atoms with van der Waals surface area (Å²) in [4.78, 5) is 15.7. The number of benzene rings is 1. The molecule has 0 aliphatic carbocycles. The van der Waals surface area contributed by atoms with Crippen molar-refractivity contribution in [1.29, 1.82) is 5.26 Å². The molecule has 1 aliphatic heterocycles. The Hall–Kier alpha value is -4.36. The maximum absolute atomic E-state index is 9.46. The van der Waals surface area contributed by atoms with E-state index in [0.717, 1.165) is 36.5 Å². The van der Waals surface area contributed by atoms with Crippen molar-refractivity contribution in [3.63, 3.8) is 0 Å². The van der Waals surface area contributed by atoms with E-state index in [1.54, 1.807) is 18.5 Å². The molecular formula is C27H28N8O2. The number of nitrogen functional groups attached to an aromatic ring is 1. The van der Waals surface area contributed by atoms with Crippen LogP contribution in [0.2, 0.25) is 0 Å². The topological polar surface area (TPSA) is 140 Å². The van der Waals surface area contributed by atoms with Crippen LogP contribution < -0.4 is 10.5 Å². The predicted molar refractivity (Wildman–Crippen MR) is 138 cm³/mol. The summed E-state index contributed by atoms with van der Waals surface area (Å²) < 4.78 is 11.8. The minimum Gasteiger partial charge on any atom is -0.492 e. The number of hydrogen-bond donors (Lipinski definition) is 1. The first-order valence-corrected chi connectivity index (χ1v) is 12.2. The second kappa shape index (κ2) is 10.3. The summed E-state index contributed by atoms with van der Waals surface area (Å²) in [5.41, 5.74) is 8.35. The Morgan fingerprint density at radius 2 is 1.81 bits per heavy atom. The van der Waals surface area contributed by atoms with Crippen molar-refractivity contribution in [2.75, 3.05) is 32.0 Å². The standard InChI is InChI=1S/C27H28N8O2/c1-27(2,17-28)22-15-19(9-10-30-22)21-16-31-24(29)23(32-21)26-34-33-25(37-26)18-5-7-20(8-6-18)36-14-13-35-11-3-4-12-35/h5-10,15-16H,3-4,11-14H2,1-2H3,(H2,29,31). The molecule has 1 aromatic carbocycles. The lowest BCUT2D eigenvalue weighted by molar-refractivity contribution is 0.238. The van der Waals surface area contributed by atoms with E-state index in [1.807, 2.05) is 44.2 Å². The van der Waals surface area contributed by atoms with Crippen molar-refractivity contribution in [2.45, 2.75) is 32.1 Å². The molecule has 4 aromatic rings. The maximum atomic E-state index is 9.46. The number of nitriles is 1. The summed E-state index contributed by atoms with van der Waals surface area (Å²) in [5.74, 6) is 1.47. The van der Waals surface area contributed by atoms with Gasteiger partial charge in [0.1, 0.15) is 12.4 Å². The number of ether oxygens (including phenoxy) is 1. The van der Waals surface area contributed by atoms with E-state index in [2.05, 4.69) is 36.1 Å². The van der Waals surface area contributed by atoms with E-state index >= 15 is 0 Å². The number of anilines is 1. The van der Waals surface area contributed by atoms with Crippen molar-refractivity contribution < 1.29 is 9.15 Å². The highest BCUT2D eigenvalue weighted by molar-refractivity contribution is 5.69. The highest BCUT2D eigenvalue weighted by Crippen LogP contribution is 2.30. The molecule has 0 atom stereocenters. The molecule has 4 heterocycles. The molecule has 1 fully saturated rings. The number of nitrogens with zero attached hydrogens (tertiary/aromatic N) is 7. The summed E-state index contributed by atoms with van der Waals surface area (Å²) in [6.45, 7) is 7.53. The molecule has 0 bridgehead atoms. The Bertz CT molecular complexity index is 1420. The Morgan fingerprint density at radius 3 is 2.57 bits per heavy atom. The maximum Gasteiger partial charge on any atom is 0.270 e. The molecule has 0 unspecified atom stereocenters. The van der Waals surface area contributed by atoms with Gasteiger partial charge in [0, 0.05) is 23.9 Å². The van der Waals surface area contributed by atoms with Crippen LogP contribution in [0.25, 0.3) is 34.3 Å². The minimum atomic E-state index is -0.740. The summed E-state index contributed by atoms with van der Waals surface area (Å²) in [5, 5.41) is 17.8. The first-order chi connectivity index (χ1) is 17.9. The van der Waals surface area contributed by atoms with Gasteiger partial charge in [0.25, 0.3) is 5.89 Å². The van der Waals surface area contributed by atoms with Crippen molar-refractivity contribution >= 4 is 5.82 Å². The first-order valence-electron chi connectivity index (χ1n) is 12.2. The third-order valence-corrected chi connectivity index (χ3v) is 6.38. The van der Waals surface area contributed by atoms with Gasteiger partial charge in [-0.3, -0.25) is 9.88 Å². The van der Waals surface area contributed by atoms with Crippen molar-refractivity contribution in [3.8, 4) is 46.1 Å². The Morgan fingerprint density at radius 1 is 1.05 bits per heavy atom. The van der Waals surface area contributed by atoms with Crippen molar-refractivity contribution in [3.05, 3.63) is 54.5 Å². The van der Waals surface area contributed by atoms with Crippen LogP contribution in [-0.4, -0.2) is 56.3 Å². The Kier molecular flexibility index (Phi) is 6.79. The van der Waals surface area contributed by atoms with Crippen LogP contribution in [0.1, 0.15) is 32.4 Å². The molecule has 0 spiro atoms. The van der Waals surface area contributed by atoms with E-state index in [9.17, 15) is 5.26 Å². The molecule has 1 aliphatic rings. The van der Waals surface area contributed by atoms with Crippen LogP contribution in [0.5, 0.6) is 5.75 Å². The van der Waals surface area contributed by atoms with E-state index in [1.165, 1.54) is 12.8 Å². The fourth-order valence-corrected chi connectivity index (χ4v) is 4.11. The highest BCUT2D eigenvalue weighted by atomic mass is 16.5. The Labute approximate surface area is 215 Å². The quantitative estimate of drug-likeness (QED) is 0.379. The molecule has 5 rings (SSSR count). The number of hydrogen-bond acceptors (Lipinski definition) is 10. The molecule has 10 nitrogen and oxygen atoms in total. The smallest absolute Gasteiger partial charge is 0.270 e. The number of likely N-dealkylation sites (tertiary alicyclic amines) is 1. The second-order valence-corrected chi connectivity index (χ2v) is 9.49. The summed E-state index contributed by atoms with van der Waals surface area (Å²) >= 11 is 0. The SMILES string of the molecule is CC(C)(C#N)c1cc(-c2cnc(N)c(-c3nnc(-c4ccc(OCCN5CCCC5)cc4)o3)n2)ccn1. The van der Waals surface area contributed by atoms with Gasteiger partial charge in [0.2, 0.25) is 5.89 Å². The minimum absolute atomic E-state index is 0.166. The molecule has 1 saturated heterocycles. The van der Waals surface area contributed by atoms with Gasteiger partial charge in [0.05, 0.1) is 29.1 Å². The fraction of sp³-hybridized carbons (Fsp3) is 0.333. The molecule has 2 N–H and O–H groups in total. The lowest BCUT2D eigenvalue weighted by Crippen LogP contribution is -2.25. The lowest BCUT2D eigenvalue weighted by atomic mass is 9.90. The van der Waals surface area contributed by atoms with Crippen LogP contribution in [-0.2, 0) is 5.41 Å². The molecule has 188 valence electrons. The van der Waals surface area contributed by atoms with Gasteiger partial charge in [0.15, 0.2) is 11.5 Å². The van der Waals surface area contributed by atoms with E-state index in [4.69, 9.17) is 14.9 Å². The van der Waals surface area contributed by atoms with Gasteiger partial charge < -0.3 is 14.9 Å². The lowest BCUT2D eigenvalue weighted by Gasteiger charge is -2.15. The van der Waals surface area contributed by atoms with Gasteiger partial charge in [-0.05, 0) is 76.2 Å².